The summed E-state index contributed by atoms with van der Waals surface area (Å²) in [6, 6.07) is 3.79. The Kier molecular flexibility index (Phi) is 5.78. The Morgan fingerprint density at radius 2 is 1.48 bits per heavy atom. The molecule has 1 aromatic rings. The molecule has 1 N–H and O–H groups in total. The SMILES string of the molecule is COc1ccc(NC(=O)N2CCN(C(=O)C(=O)N3CCCC3)CC2)cc1F. The number of likely N-dealkylation sites (tertiary alicyclic amines) is 1. The van der Waals surface area contributed by atoms with Gasteiger partial charge in [0.05, 0.1) is 7.11 Å². The summed E-state index contributed by atoms with van der Waals surface area (Å²) >= 11 is 0. The summed E-state index contributed by atoms with van der Waals surface area (Å²) in [4.78, 5) is 41.4. The molecular weight excluding hydrogens is 355 g/mol. The van der Waals surface area contributed by atoms with E-state index in [9.17, 15) is 18.8 Å². The number of nitrogens with one attached hydrogen (secondary N) is 1. The maximum atomic E-state index is 13.7. The third-order valence-electron chi connectivity index (χ3n) is 4.83. The minimum atomic E-state index is -0.564. The molecule has 0 spiro atoms. The van der Waals surface area contributed by atoms with Crippen LogP contribution < -0.4 is 10.1 Å². The van der Waals surface area contributed by atoms with Crippen LogP contribution >= 0.6 is 0 Å². The Bertz CT molecular complexity index is 728. The lowest BCUT2D eigenvalue weighted by Gasteiger charge is -2.34. The number of ether oxygens (including phenoxy) is 1. The molecule has 0 aliphatic carbocycles. The van der Waals surface area contributed by atoms with E-state index in [-0.39, 0.29) is 11.8 Å². The first-order valence-electron chi connectivity index (χ1n) is 8.97. The molecular formula is C18H23FN4O4. The molecule has 0 atom stereocenters. The van der Waals surface area contributed by atoms with E-state index in [1.807, 2.05) is 0 Å². The number of amides is 4. The van der Waals surface area contributed by atoms with Gasteiger partial charge in [0.2, 0.25) is 0 Å². The van der Waals surface area contributed by atoms with E-state index in [1.165, 1.54) is 29.0 Å². The quantitative estimate of drug-likeness (QED) is 0.783. The number of hydrogen-bond donors (Lipinski definition) is 1. The maximum absolute atomic E-state index is 13.7. The number of carbonyl (C=O) groups excluding carboxylic acids is 3. The number of carbonyl (C=O) groups is 3. The highest BCUT2D eigenvalue weighted by molar-refractivity contribution is 6.35. The van der Waals surface area contributed by atoms with Crippen LogP contribution in [-0.4, -0.2) is 78.9 Å². The second-order valence-corrected chi connectivity index (χ2v) is 6.56. The zero-order valence-electron chi connectivity index (χ0n) is 15.2. The molecule has 4 amide bonds. The summed E-state index contributed by atoms with van der Waals surface area (Å²) in [7, 11) is 1.37. The number of piperazine rings is 1. The van der Waals surface area contributed by atoms with E-state index in [1.54, 1.807) is 11.0 Å². The average molecular weight is 378 g/mol. The molecule has 146 valence electrons. The summed E-state index contributed by atoms with van der Waals surface area (Å²) in [5.41, 5.74) is 0.320. The molecule has 27 heavy (non-hydrogen) atoms. The number of anilines is 1. The van der Waals surface area contributed by atoms with Crippen LogP contribution in [0.25, 0.3) is 0 Å². The lowest BCUT2D eigenvalue weighted by Crippen LogP contribution is -2.54. The molecule has 0 aromatic heterocycles. The molecule has 2 heterocycles. The van der Waals surface area contributed by atoms with Crippen molar-refractivity contribution in [2.75, 3.05) is 51.7 Å². The van der Waals surface area contributed by atoms with Gasteiger partial charge >= 0.3 is 17.8 Å². The monoisotopic (exact) mass is 378 g/mol. The van der Waals surface area contributed by atoms with Crippen molar-refractivity contribution >= 4 is 23.5 Å². The van der Waals surface area contributed by atoms with Crippen LogP contribution in [0.1, 0.15) is 12.8 Å². The number of halogens is 1. The van der Waals surface area contributed by atoms with Crippen LogP contribution in [0.15, 0.2) is 18.2 Å². The second-order valence-electron chi connectivity index (χ2n) is 6.56. The zero-order valence-corrected chi connectivity index (χ0v) is 15.2. The number of benzene rings is 1. The highest BCUT2D eigenvalue weighted by Gasteiger charge is 2.31. The third kappa shape index (κ3) is 4.29. The van der Waals surface area contributed by atoms with Gasteiger partial charge in [-0.1, -0.05) is 0 Å². The number of urea groups is 1. The van der Waals surface area contributed by atoms with Gasteiger partial charge in [-0.05, 0) is 25.0 Å². The van der Waals surface area contributed by atoms with Crippen molar-refractivity contribution in [3.05, 3.63) is 24.0 Å². The van der Waals surface area contributed by atoms with Gasteiger partial charge in [0.15, 0.2) is 11.6 Å². The van der Waals surface area contributed by atoms with Gasteiger partial charge in [0, 0.05) is 51.0 Å². The second kappa shape index (κ2) is 8.24. The van der Waals surface area contributed by atoms with Crippen molar-refractivity contribution in [3.8, 4) is 5.75 Å². The van der Waals surface area contributed by atoms with Gasteiger partial charge in [-0.2, -0.15) is 0 Å². The number of nitrogens with zero attached hydrogens (tertiary/aromatic N) is 3. The predicted octanol–water partition coefficient (Wildman–Crippen LogP) is 1.13. The predicted molar refractivity (Wildman–Crippen MR) is 95.9 cm³/mol. The molecule has 2 saturated heterocycles. The highest BCUT2D eigenvalue weighted by atomic mass is 19.1. The lowest BCUT2D eigenvalue weighted by atomic mass is 10.2. The van der Waals surface area contributed by atoms with Gasteiger partial charge in [-0.15, -0.1) is 0 Å². The van der Waals surface area contributed by atoms with Crippen molar-refractivity contribution in [3.63, 3.8) is 0 Å². The zero-order chi connectivity index (χ0) is 19.4. The molecule has 0 unspecified atom stereocenters. The molecule has 3 rings (SSSR count). The van der Waals surface area contributed by atoms with Gasteiger partial charge in [-0.25, -0.2) is 9.18 Å². The minimum Gasteiger partial charge on any atom is -0.494 e. The Labute approximate surface area is 156 Å². The maximum Gasteiger partial charge on any atom is 0.321 e. The molecule has 2 aliphatic heterocycles. The van der Waals surface area contributed by atoms with Crippen LogP contribution in [0.5, 0.6) is 5.75 Å². The molecule has 8 nitrogen and oxygen atoms in total. The van der Waals surface area contributed by atoms with Gasteiger partial charge < -0.3 is 24.8 Å². The normalized spacial score (nSPS) is 17.0. The van der Waals surface area contributed by atoms with E-state index in [2.05, 4.69) is 5.32 Å². The van der Waals surface area contributed by atoms with Crippen LogP contribution in [0.4, 0.5) is 14.9 Å². The molecule has 2 fully saturated rings. The fraction of sp³-hybridized carbons (Fsp3) is 0.500. The topological polar surface area (TPSA) is 82.2 Å². The Morgan fingerprint density at radius 1 is 0.926 bits per heavy atom. The summed E-state index contributed by atoms with van der Waals surface area (Å²) in [5, 5.41) is 2.63. The average Bonchev–Trinajstić information content (AvgIpc) is 3.22. The molecule has 9 heteroatoms. The smallest absolute Gasteiger partial charge is 0.321 e. The molecule has 0 saturated carbocycles. The first-order valence-corrected chi connectivity index (χ1v) is 8.97. The number of hydrogen-bond acceptors (Lipinski definition) is 4. The lowest BCUT2D eigenvalue weighted by molar-refractivity contribution is -0.152. The van der Waals surface area contributed by atoms with Crippen LogP contribution in [0, 0.1) is 5.82 Å². The van der Waals surface area contributed by atoms with E-state index >= 15 is 0 Å². The van der Waals surface area contributed by atoms with Crippen molar-refractivity contribution in [1.82, 2.24) is 14.7 Å². The molecule has 0 bridgehead atoms. The van der Waals surface area contributed by atoms with Crippen LogP contribution in [0.3, 0.4) is 0 Å². The minimum absolute atomic E-state index is 0.0998. The van der Waals surface area contributed by atoms with E-state index in [4.69, 9.17) is 4.74 Å². The van der Waals surface area contributed by atoms with Gasteiger partial charge in [0.25, 0.3) is 0 Å². The Hall–Kier alpha value is -2.84. The van der Waals surface area contributed by atoms with Gasteiger partial charge in [-0.3, -0.25) is 9.59 Å². The van der Waals surface area contributed by atoms with E-state index in [0.29, 0.717) is 45.0 Å². The Morgan fingerprint density at radius 3 is 2.04 bits per heavy atom. The van der Waals surface area contributed by atoms with Crippen LogP contribution in [-0.2, 0) is 9.59 Å². The number of methoxy groups -OCH3 is 1. The largest absolute Gasteiger partial charge is 0.494 e. The first kappa shape index (κ1) is 18.9. The van der Waals surface area contributed by atoms with Crippen molar-refractivity contribution in [2.24, 2.45) is 0 Å². The Balaban J connectivity index is 1.51. The van der Waals surface area contributed by atoms with Gasteiger partial charge in [0.1, 0.15) is 0 Å². The standard InChI is InChI=1S/C18H23FN4O4/c1-27-15-5-4-13(12-14(15)19)20-18(26)23-10-8-22(9-11-23)17(25)16(24)21-6-2-3-7-21/h4-5,12H,2-3,6-11H2,1H3,(H,20,26). The van der Waals surface area contributed by atoms with Crippen LogP contribution in [0.2, 0.25) is 0 Å². The third-order valence-corrected chi connectivity index (χ3v) is 4.83. The summed E-state index contributed by atoms with van der Waals surface area (Å²) in [6.45, 7) is 2.47. The number of rotatable bonds is 2. The van der Waals surface area contributed by atoms with E-state index in [0.717, 1.165) is 12.8 Å². The summed E-state index contributed by atoms with van der Waals surface area (Å²) in [5.74, 6) is -1.43. The van der Waals surface area contributed by atoms with E-state index < -0.39 is 17.6 Å². The molecule has 0 radical (unpaired) electrons. The van der Waals surface area contributed by atoms with Crippen molar-refractivity contribution in [2.45, 2.75) is 12.8 Å². The summed E-state index contributed by atoms with van der Waals surface area (Å²) in [6.07, 6.45) is 1.86. The first-order chi connectivity index (χ1) is 13.0. The van der Waals surface area contributed by atoms with Crippen molar-refractivity contribution in [1.29, 1.82) is 0 Å². The summed E-state index contributed by atoms with van der Waals surface area (Å²) < 4.78 is 18.6. The molecule has 1 aromatic carbocycles. The fourth-order valence-corrected chi connectivity index (χ4v) is 3.25. The highest BCUT2D eigenvalue weighted by Crippen LogP contribution is 2.21. The fourth-order valence-electron chi connectivity index (χ4n) is 3.25. The van der Waals surface area contributed by atoms with Crippen molar-refractivity contribution < 1.29 is 23.5 Å². The molecule has 2 aliphatic rings.